The quantitative estimate of drug-likeness (QED) is 0.294. The van der Waals surface area contributed by atoms with Crippen LogP contribution in [0, 0.1) is 18.3 Å². The first-order valence-electron chi connectivity index (χ1n) is 8.23. The third kappa shape index (κ3) is 4.87. The molecule has 0 bridgehead atoms. The maximum Gasteiger partial charge on any atom is 0.348 e. The summed E-state index contributed by atoms with van der Waals surface area (Å²) in [5.41, 5.74) is 1.89. The van der Waals surface area contributed by atoms with Crippen LogP contribution in [0.5, 0.6) is 0 Å². The Morgan fingerprint density at radius 1 is 1.38 bits per heavy atom. The van der Waals surface area contributed by atoms with Gasteiger partial charge in [0.15, 0.2) is 0 Å². The van der Waals surface area contributed by atoms with Crippen LogP contribution in [0.3, 0.4) is 0 Å². The van der Waals surface area contributed by atoms with Crippen LogP contribution in [0.1, 0.15) is 36.6 Å². The highest BCUT2D eigenvalue weighted by molar-refractivity contribution is 6.32. The van der Waals surface area contributed by atoms with Crippen LogP contribution in [0.15, 0.2) is 29.8 Å². The van der Waals surface area contributed by atoms with E-state index >= 15 is 0 Å². The molecule has 0 fully saturated rings. The number of nitrogens with zero attached hydrogens (tertiary/aromatic N) is 3. The maximum absolute atomic E-state index is 12.0. The third-order valence-corrected chi connectivity index (χ3v) is 4.51. The lowest BCUT2D eigenvalue weighted by molar-refractivity contribution is -0.138. The molecule has 0 aliphatic carbocycles. The molecule has 7 heteroatoms. The SMILES string of the molecule is CCCCOC(=O)C(C#N)=Cc1c(C)nn(Cc2ccccc2Cl)c1Cl. The van der Waals surface area contributed by atoms with Crippen LogP contribution in [0.2, 0.25) is 10.2 Å². The van der Waals surface area contributed by atoms with E-state index in [9.17, 15) is 10.1 Å². The number of benzene rings is 1. The average Bonchev–Trinajstić information content (AvgIpc) is 2.88. The standard InChI is InChI=1S/C19H19Cl2N3O2/c1-3-4-9-26-19(25)15(11-22)10-16-13(2)23-24(18(16)21)12-14-7-5-6-8-17(14)20/h5-8,10H,3-4,9,12H2,1-2H3. The Hall–Kier alpha value is -2.29. The molecule has 0 aliphatic heterocycles. The summed E-state index contributed by atoms with van der Waals surface area (Å²) in [5.74, 6) is -0.657. The van der Waals surface area contributed by atoms with Gasteiger partial charge < -0.3 is 4.74 Å². The number of carbonyl (C=O) groups excluding carboxylic acids is 1. The van der Waals surface area contributed by atoms with Gasteiger partial charge in [0.1, 0.15) is 16.8 Å². The molecular formula is C19H19Cl2N3O2. The summed E-state index contributed by atoms with van der Waals surface area (Å²) in [5, 5.41) is 14.6. The number of rotatable bonds is 7. The van der Waals surface area contributed by atoms with E-state index in [1.165, 1.54) is 6.08 Å². The lowest BCUT2D eigenvalue weighted by Gasteiger charge is -2.05. The highest BCUT2D eigenvalue weighted by Crippen LogP contribution is 2.25. The molecule has 0 radical (unpaired) electrons. The molecule has 1 heterocycles. The van der Waals surface area contributed by atoms with E-state index in [4.69, 9.17) is 27.9 Å². The zero-order chi connectivity index (χ0) is 19.1. The third-order valence-electron chi connectivity index (χ3n) is 3.75. The van der Waals surface area contributed by atoms with E-state index in [0.29, 0.717) is 28.0 Å². The Kier molecular flexibility index (Phi) is 7.26. The zero-order valence-corrected chi connectivity index (χ0v) is 16.1. The average molecular weight is 392 g/mol. The van der Waals surface area contributed by atoms with Gasteiger partial charge in [-0.15, -0.1) is 0 Å². The van der Waals surface area contributed by atoms with Crippen molar-refractivity contribution in [3.8, 4) is 6.07 Å². The second kappa shape index (κ2) is 9.42. The van der Waals surface area contributed by atoms with Crippen LogP contribution in [-0.4, -0.2) is 22.4 Å². The van der Waals surface area contributed by atoms with Crippen LogP contribution in [0.4, 0.5) is 0 Å². The Bertz CT molecular complexity index is 866. The smallest absolute Gasteiger partial charge is 0.348 e. The van der Waals surface area contributed by atoms with Gasteiger partial charge in [-0.1, -0.05) is 54.7 Å². The highest BCUT2D eigenvalue weighted by Gasteiger charge is 2.17. The van der Waals surface area contributed by atoms with Crippen molar-refractivity contribution in [3.63, 3.8) is 0 Å². The van der Waals surface area contributed by atoms with E-state index in [1.54, 1.807) is 17.7 Å². The Labute approximate surface area is 162 Å². The molecule has 0 unspecified atom stereocenters. The molecule has 0 saturated heterocycles. The van der Waals surface area contributed by atoms with Gasteiger partial charge in [-0.25, -0.2) is 9.48 Å². The van der Waals surface area contributed by atoms with Gasteiger partial charge in [0.05, 0.1) is 18.8 Å². The molecule has 5 nitrogen and oxygen atoms in total. The molecule has 0 N–H and O–H groups in total. The lowest BCUT2D eigenvalue weighted by atomic mass is 10.1. The van der Waals surface area contributed by atoms with Crippen LogP contribution in [0.25, 0.3) is 6.08 Å². The number of carbonyl (C=O) groups is 1. The minimum atomic E-state index is -0.657. The number of nitriles is 1. The normalized spacial score (nSPS) is 11.3. The van der Waals surface area contributed by atoms with E-state index in [-0.39, 0.29) is 12.2 Å². The van der Waals surface area contributed by atoms with Crippen molar-refractivity contribution in [3.05, 3.63) is 56.8 Å². The van der Waals surface area contributed by atoms with E-state index in [2.05, 4.69) is 5.10 Å². The lowest BCUT2D eigenvalue weighted by Crippen LogP contribution is -2.08. The number of aromatic nitrogens is 2. The number of esters is 1. The van der Waals surface area contributed by atoms with Crippen molar-refractivity contribution in [2.45, 2.75) is 33.2 Å². The van der Waals surface area contributed by atoms with Crippen molar-refractivity contribution in [2.24, 2.45) is 0 Å². The largest absolute Gasteiger partial charge is 0.462 e. The number of aryl methyl sites for hydroxylation is 1. The minimum absolute atomic E-state index is 0.108. The van der Waals surface area contributed by atoms with Gasteiger partial charge >= 0.3 is 5.97 Å². The molecular weight excluding hydrogens is 373 g/mol. The maximum atomic E-state index is 12.0. The van der Waals surface area contributed by atoms with Crippen LogP contribution >= 0.6 is 23.2 Å². The fraction of sp³-hybridized carbons (Fsp3) is 0.316. The molecule has 2 rings (SSSR count). The van der Waals surface area contributed by atoms with Gasteiger partial charge in [0, 0.05) is 10.6 Å². The first-order valence-corrected chi connectivity index (χ1v) is 8.98. The molecule has 0 amide bonds. The molecule has 2 aromatic rings. The summed E-state index contributed by atoms with van der Waals surface area (Å²) < 4.78 is 6.67. The summed E-state index contributed by atoms with van der Waals surface area (Å²) >= 11 is 12.6. The molecule has 0 aliphatic rings. The predicted molar refractivity (Wildman–Crippen MR) is 102 cm³/mol. The van der Waals surface area contributed by atoms with Gasteiger partial charge in [0.2, 0.25) is 0 Å². The van der Waals surface area contributed by atoms with Crippen LogP contribution in [-0.2, 0) is 16.1 Å². The molecule has 26 heavy (non-hydrogen) atoms. The summed E-state index contributed by atoms with van der Waals surface area (Å²) in [6.45, 7) is 4.42. The highest BCUT2D eigenvalue weighted by atomic mass is 35.5. The summed E-state index contributed by atoms with van der Waals surface area (Å²) in [4.78, 5) is 12.0. The van der Waals surface area contributed by atoms with Crippen molar-refractivity contribution in [1.82, 2.24) is 9.78 Å². The molecule has 1 aromatic heterocycles. The number of ether oxygens (including phenoxy) is 1. The van der Waals surface area contributed by atoms with Crippen molar-refractivity contribution >= 4 is 35.2 Å². The molecule has 0 atom stereocenters. The Morgan fingerprint density at radius 2 is 2.12 bits per heavy atom. The van der Waals surface area contributed by atoms with Crippen molar-refractivity contribution in [1.29, 1.82) is 5.26 Å². The molecule has 0 saturated carbocycles. The first-order chi connectivity index (χ1) is 12.5. The van der Waals surface area contributed by atoms with Crippen LogP contribution < -0.4 is 0 Å². The minimum Gasteiger partial charge on any atom is -0.462 e. The van der Waals surface area contributed by atoms with Gasteiger partial charge in [0.25, 0.3) is 0 Å². The molecule has 0 spiro atoms. The van der Waals surface area contributed by atoms with Gasteiger partial charge in [-0.3, -0.25) is 0 Å². The Balaban J connectivity index is 2.27. The van der Waals surface area contributed by atoms with Crippen molar-refractivity contribution in [2.75, 3.05) is 6.61 Å². The molecule has 1 aromatic carbocycles. The fourth-order valence-corrected chi connectivity index (χ4v) is 2.78. The predicted octanol–water partition coefficient (Wildman–Crippen LogP) is 4.80. The number of halogens is 2. The van der Waals surface area contributed by atoms with E-state index in [0.717, 1.165) is 18.4 Å². The monoisotopic (exact) mass is 391 g/mol. The first kappa shape index (κ1) is 20.0. The second-order valence-electron chi connectivity index (χ2n) is 5.70. The summed E-state index contributed by atoms with van der Waals surface area (Å²) in [6.07, 6.45) is 3.07. The van der Waals surface area contributed by atoms with Gasteiger partial charge in [-0.05, 0) is 31.1 Å². The number of hydrogen-bond donors (Lipinski definition) is 0. The molecule has 136 valence electrons. The van der Waals surface area contributed by atoms with E-state index in [1.807, 2.05) is 31.2 Å². The topological polar surface area (TPSA) is 67.9 Å². The summed E-state index contributed by atoms with van der Waals surface area (Å²) in [7, 11) is 0. The fourth-order valence-electron chi connectivity index (χ4n) is 2.29. The summed E-state index contributed by atoms with van der Waals surface area (Å²) in [6, 6.07) is 9.28. The Morgan fingerprint density at radius 3 is 2.77 bits per heavy atom. The number of unbranched alkanes of at least 4 members (excludes halogenated alkanes) is 1. The van der Waals surface area contributed by atoms with Gasteiger partial charge in [-0.2, -0.15) is 10.4 Å². The second-order valence-corrected chi connectivity index (χ2v) is 6.46. The van der Waals surface area contributed by atoms with Crippen molar-refractivity contribution < 1.29 is 9.53 Å². The zero-order valence-electron chi connectivity index (χ0n) is 14.6. The van der Waals surface area contributed by atoms with E-state index < -0.39 is 5.97 Å². The number of hydrogen-bond acceptors (Lipinski definition) is 4.